The normalized spacial score (nSPS) is 17.7. The van der Waals surface area contributed by atoms with E-state index < -0.39 is 17.0 Å². The molecule has 1 fully saturated rings. The zero-order valence-corrected chi connectivity index (χ0v) is 10.3. The zero-order valence-electron chi connectivity index (χ0n) is 10.3. The van der Waals surface area contributed by atoms with E-state index in [-0.39, 0.29) is 0 Å². The Kier molecular flexibility index (Phi) is 4.43. The zero-order chi connectivity index (χ0) is 13.7. The molecule has 1 amide bonds. The van der Waals surface area contributed by atoms with Gasteiger partial charge in [-0.05, 0) is 12.1 Å². The molecule has 0 aromatic heterocycles. The lowest BCUT2D eigenvalue weighted by Gasteiger charge is -2.27. The minimum atomic E-state index is -1.37. The Hall–Kier alpha value is -1.99. The first-order valence-electron chi connectivity index (χ1n) is 5.99. The minimum absolute atomic E-state index is 0.383. The molecule has 2 rings (SSSR count). The van der Waals surface area contributed by atoms with Crippen molar-refractivity contribution in [3.63, 3.8) is 0 Å². The van der Waals surface area contributed by atoms with Gasteiger partial charge in [0, 0.05) is 23.7 Å². The number of rotatable bonds is 4. The van der Waals surface area contributed by atoms with Gasteiger partial charge < -0.3 is 10.1 Å². The number of morpholine rings is 1. The number of carbonyl (C=O) groups is 1. The summed E-state index contributed by atoms with van der Waals surface area (Å²) in [5, 5.41) is 13.7. The van der Waals surface area contributed by atoms with Gasteiger partial charge in [-0.25, -0.2) is 4.90 Å². The van der Waals surface area contributed by atoms with Crippen LogP contribution in [0.5, 0.6) is 0 Å². The lowest BCUT2D eigenvalue weighted by molar-refractivity contribution is -0.535. The molecule has 0 saturated carbocycles. The van der Waals surface area contributed by atoms with Crippen LogP contribution in [0.25, 0.3) is 0 Å². The van der Waals surface area contributed by atoms with Crippen LogP contribution in [0.2, 0.25) is 0 Å². The average Bonchev–Trinajstić information content (AvgIpc) is 2.40. The number of para-hydroxylation sites is 1. The van der Waals surface area contributed by atoms with Crippen LogP contribution in [0.1, 0.15) is 0 Å². The molecular formula is C12H15N3O4. The molecule has 0 aliphatic carbocycles. The summed E-state index contributed by atoms with van der Waals surface area (Å²) in [5.41, 5.74) is 0.549. The van der Waals surface area contributed by atoms with Gasteiger partial charge in [0.05, 0.1) is 13.2 Å². The second kappa shape index (κ2) is 6.26. The van der Waals surface area contributed by atoms with Crippen LogP contribution in [-0.2, 0) is 9.53 Å². The van der Waals surface area contributed by atoms with Gasteiger partial charge >= 0.3 is 12.1 Å². The quantitative estimate of drug-likeness (QED) is 0.635. The molecule has 1 aromatic carbocycles. The maximum absolute atomic E-state index is 12.0. The fourth-order valence-corrected chi connectivity index (χ4v) is 1.95. The lowest BCUT2D eigenvalue weighted by atomic mass is 10.3. The summed E-state index contributed by atoms with van der Waals surface area (Å²) in [5.74, 6) is -0.627. The number of anilines is 1. The molecule has 1 N–H and O–H groups in total. The molecule has 1 aliphatic heterocycles. The van der Waals surface area contributed by atoms with Crippen molar-refractivity contribution in [3.05, 3.63) is 40.4 Å². The van der Waals surface area contributed by atoms with Crippen LogP contribution >= 0.6 is 0 Å². The van der Waals surface area contributed by atoms with E-state index in [0.717, 1.165) is 0 Å². The van der Waals surface area contributed by atoms with Crippen LogP contribution in [0, 0.1) is 10.1 Å². The molecule has 19 heavy (non-hydrogen) atoms. The van der Waals surface area contributed by atoms with Crippen molar-refractivity contribution in [3.8, 4) is 0 Å². The number of benzene rings is 1. The first-order valence-corrected chi connectivity index (χ1v) is 5.99. The first-order chi connectivity index (χ1) is 9.18. The van der Waals surface area contributed by atoms with Gasteiger partial charge in [-0.1, -0.05) is 18.2 Å². The van der Waals surface area contributed by atoms with Gasteiger partial charge in [0.1, 0.15) is 0 Å². The van der Waals surface area contributed by atoms with E-state index in [4.69, 9.17) is 4.74 Å². The third-order valence-corrected chi connectivity index (χ3v) is 2.87. The summed E-state index contributed by atoms with van der Waals surface area (Å²) in [6.45, 7) is 1.58. The minimum Gasteiger partial charge on any atom is -0.379 e. The molecule has 0 radical (unpaired) electrons. The van der Waals surface area contributed by atoms with E-state index in [1.54, 1.807) is 24.3 Å². The molecule has 1 unspecified atom stereocenters. The highest BCUT2D eigenvalue weighted by atomic mass is 16.6. The highest BCUT2D eigenvalue weighted by molar-refractivity contribution is 5.93. The molecule has 102 valence electrons. The third-order valence-electron chi connectivity index (χ3n) is 2.87. The highest BCUT2D eigenvalue weighted by Crippen LogP contribution is 2.10. The van der Waals surface area contributed by atoms with E-state index in [1.807, 2.05) is 6.07 Å². The molecule has 7 nitrogen and oxygen atoms in total. The third kappa shape index (κ3) is 3.49. The van der Waals surface area contributed by atoms with Gasteiger partial charge in [0.25, 0.3) is 0 Å². The molecule has 7 heteroatoms. The summed E-state index contributed by atoms with van der Waals surface area (Å²) in [6.07, 6.45) is -1.37. The monoisotopic (exact) mass is 265 g/mol. The number of ether oxygens (including phenoxy) is 1. The molecule has 1 aromatic rings. The highest BCUT2D eigenvalue weighted by Gasteiger charge is 2.37. The number of carbonyl (C=O) groups excluding carboxylic acids is 1. The Labute approximate surface area is 110 Å². The number of nitro groups is 1. The predicted octanol–water partition coefficient (Wildman–Crippen LogP) is 0.560. The van der Waals surface area contributed by atoms with Crippen molar-refractivity contribution in [2.75, 3.05) is 31.6 Å². The summed E-state index contributed by atoms with van der Waals surface area (Å²) in [7, 11) is 0. The molecule has 1 aliphatic rings. The standard InChI is InChI=1S/C12H15N3O4/c16-11(13-10-4-2-1-3-5-10)12(15(17)18)14-6-8-19-9-7-14/h1-5,12H,6-9H2,(H,13,16). The lowest BCUT2D eigenvalue weighted by Crippen LogP contribution is -2.53. The molecule has 0 spiro atoms. The Morgan fingerprint density at radius 2 is 1.95 bits per heavy atom. The topological polar surface area (TPSA) is 84.7 Å². The second-order valence-corrected chi connectivity index (χ2v) is 4.16. The average molecular weight is 265 g/mol. The van der Waals surface area contributed by atoms with Crippen LogP contribution in [0.15, 0.2) is 30.3 Å². The largest absolute Gasteiger partial charge is 0.379 e. The van der Waals surface area contributed by atoms with Crippen LogP contribution in [0.3, 0.4) is 0 Å². The Morgan fingerprint density at radius 1 is 1.32 bits per heavy atom. The fourth-order valence-electron chi connectivity index (χ4n) is 1.95. The number of hydrogen-bond acceptors (Lipinski definition) is 5. The van der Waals surface area contributed by atoms with Crippen molar-refractivity contribution in [1.29, 1.82) is 0 Å². The Bertz CT molecular complexity index is 446. The van der Waals surface area contributed by atoms with E-state index in [2.05, 4.69) is 5.32 Å². The summed E-state index contributed by atoms with van der Waals surface area (Å²) < 4.78 is 5.13. The first kappa shape index (κ1) is 13.4. The molecule has 0 bridgehead atoms. The van der Waals surface area contributed by atoms with Gasteiger partial charge in [-0.2, -0.15) is 0 Å². The van der Waals surface area contributed by atoms with Gasteiger partial charge in [0.15, 0.2) is 0 Å². The van der Waals surface area contributed by atoms with Crippen molar-refractivity contribution >= 4 is 11.6 Å². The molecule has 1 atom stereocenters. The Morgan fingerprint density at radius 3 is 2.53 bits per heavy atom. The van der Waals surface area contributed by atoms with Gasteiger partial charge in [-0.15, -0.1) is 0 Å². The molecule has 1 saturated heterocycles. The number of hydrogen-bond donors (Lipinski definition) is 1. The molecular weight excluding hydrogens is 250 g/mol. The van der Waals surface area contributed by atoms with Gasteiger partial charge in [0.2, 0.25) is 0 Å². The van der Waals surface area contributed by atoms with Crippen molar-refractivity contribution < 1.29 is 14.5 Å². The maximum Gasteiger partial charge on any atom is 0.346 e. The van der Waals surface area contributed by atoms with Crippen molar-refractivity contribution in [2.45, 2.75) is 6.17 Å². The maximum atomic E-state index is 12.0. The van der Waals surface area contributed by atoms with Crippen LogP contribution in [-0.4, -0.2) is 48.2 Å². The van der Waals surface area contributed by atoms with E-state index in [9.17, 15) is 14.9 Å². The fraction of sp³-hybridized carbons (Fsp3) is 0.417. The van der Waals surface area contributed by atoms with E-state index in [1.165, 1.54) is 4.90 Å². The summed E-state index contributed by atoms with van der Waals surface area (Å²) in [6, 6.07) is 8.70. The van der Waals surface area contributed by atoms with Gasteiger partial charge in [-0.3, -0.25) is 14.9 Å². The van der Waals surface area contributed by atoms with E-state index in [0.29, 0.717) is 32.0 Å². The van der Waals surface area contributed by atoms with E-state index >= 15 is 0 Å². The summed E-state index contributed by atoms with van der Waals surface area (Å²) in [4.78, 5) is 24.1. The molecule has 1 heterocycles. The predicted molar refractivity (Wildman–Crippen MR) is 68.2 cm³/mol. The van der Waals surface area contributed by atoms with Crippen molar-refractivity contribution in [2.24, 2.45) is 0 Å². The van der Waals surface area contributed by atoms with Crippen LogP contribution < -0.4 is 5.32 Å². The SMILES string of the molecule is O=C(Nc1ccccc1)C(N1CCOCC1)[N+](=O)[O-]. The summed E-state index contributed by atoms with van der Waals surface area (Å²) >= 11 is 0. The van der Waals surface area contributed by atoms with Crippen LogP contribution in [0.4, 0.5) is 5.69 Å². The number of nitrogens with zero attached hydrogens (tertiary/aromatic N) is 2. The van der Waals surface area contributed by atoms with Crippen molar-refractivity contribution in [1.82, 2.24) is 4.90 Å². The number of amides is 1. The Balaban J connectivity index is 2.06. The smallest absolute Gasteiger partial charge is 0.346 e. The number of nitrogens with one attached hydrogen (secondary N) is 1. The second-order valence-electron chi connectivity index (χ2n) is 4.16.